The van der Waals surface area contributed by atoms with E-state index in [1.165, 1.54) is 0 Å². The molecule has 3 N–H and O–H groups in total. The van der Waals surface area contributed by atoms with Crippen LogP contribution in [0.15, 0.2) is 59.2 Å². The maximum atomic E-state index is 12.2. The number of benzene rings is 1. The molecule has 0 fully saturated rings. The second-order valence-electron chi connectivity index (χ2n) is 6.18. The molecule has 6 heteroatoms. The van der Waals surface area contributed by atoms with Crippen LogP contribution in [0.2, 0.25) is 0 Å². The molecule has 0 bridgehead atoms. The topological polar surface area (TPSA) is 86.5 Å². The molecule has 3 heterocycles. The average Bonchev–Trinajstić information content (AvgIpc) is 3.16. The van der Waals surface area contributed by atoms with E-state index in [0.717, 1.165) is 28.2 Å². The van der Waals surface area contributed by atoms with Gasteiger partial charge in [-0.05, 0) is 26.0 Å². The molecule has 25 heavy (non-hydrogen) atoms. The Labute approximate surface area is 144 Å². The first-order valence-corrected chi connectivity index (χ1v) is 8.27. The number of aromatic nitrogens is 4. The highest BCUT2D eigenvalue weighted by Crippen LogP contribution is 2.40. The summed E-state index contributed by atoms with van der Waals surface area (Å²) in [4.78, 5) is 19.9. The van der Waals surface area contributed by atoms with Gasteiger partial charge in [-0.15, -0.1) is 0 Å². The first kappa shape index (κ1) is 15.4. The summed E-state index contributed by atoms with van der Waals surface area (Å²) in [5.41, 5.74) is 2.74. The number of rotatable bonds is 3. The van der Waals surface area contributed by atoms with Crippen molar-refractivity contribution in [2.75, 3.05) is 5.32 Å². The predicted molar refractivity (Wildman–Crippen MR) is 98.8 cm³/mol. The summed E-state index contributed by atoms with van der Waals surface area (Å²) in [6, 6.07) is 5.69. The minimum Gasteiger partial charge on any atom is -0.377 e. The van der Waals surface area contributed by atoms with Gasteiger partial charge in [-0.1, -0.05) is 29.9 Å². The summed E-state index contributed by atoms with van der Waals surface area (Å²) in [6.45, 7) is 4.08. The number of hydrogen-bond donors (Lipinski definition) is 3. The van der Waals surface area contributed by atoms with Gasteiger partial charge in [0.15, 0.2) is 0 Å². The Bertz CT molecular complexity index is 1030. The first-order valence-electron chi connectivity index (χ1n) is 8.27. The molecule has 2 atom stereocenters. The van der Waals surface area contributed by atoms with Gasteiger partial charge < -0.3 is 10.3 Å². The van der Waals surface area contributed by atoms with Crippen molar-refractivity contribution in [3.8, 4) is 0 Å². The average molecular weight is 333 g/mol. The monoisotopic (exact) mass is 333 g/mol. The van der Waals surface area contributed by atoms with E-state index in [9.17, 15) is 4.79 Å². The van der Waals surface area contributed by atoms with Crippen LogP contribution in [0, 0.1) is 0 Å². The fourth-order valence-corrected chi connectivity index (χ4v) is 3.46. The molecule has 0 amide bonds. The number of nitrogens with one attached hydrogen (secondary N) is 3. The molecular weight excluding hydrogens is 314 g/mol. The fourth-order valence-electron chi connectivity index (χ4n) is 3.46. The SMILES string of the molecule is CC=CC=C(C)C1Nc2cccc3c(=O)[nH]nc(c23)C1c1ncc[nH]1. The van der Waals surface area contributed by atoms with Gasteiger partial charge in [0.05, 0.1) is 23.0 Å². The summed E-state index contributed by atoms with van der Waals surface area (Å²) >= 11 is 0. The number of allylic oxidation sites excluding steroid dienone is 3. The Kier molecular flexibility index (Phi) is 3.72. The van der Waals surface area contributed by atoms with E-state index in [1.807, 2.05) is 37.3 Å². The van der Waals surface area contributed by atoms with Crippen molar-refractivity contribution in [2.24, 2.45) is 0 Å². The van der Waals surface area contributed by atoms with Crippen molar-refractivity contribution in [2.45, 2.75) is 25.8 Å². The van der Waals surface area contributed by atoms with Crippen molar-refractivity contribution in [3.05, 3.63) is 76.3 Å². The van der Waals surface area contributed by atoms with Gasteiger partial charge in [0.25, 0.3) is 5.56 Å². The molecule has 0 saturated carbocycles. The van der Waals surface area contributed by atoms with Crippen LogP contribution in [0.25, 0.3) is 10.8 Å². The molecule has 6 nitrogen and oxygen atoms in total. The van der Waals surface area contributed by atoms with Crippen LogP contribution >= 0.6 is 0 Å². The maximum Gasteiger partial charge on any atom is 0.272 e. The van der Waals surface area contributed by atoms with Crippen LogP contribution in [0.3, 0.4) is 0 Å². The minimum atomic E-state index is -0.180. The number of imidazole rings is 1. The number of nitrogens with zero attached hydrogens (tertiary/aromatic N) is 2. The van der Waals surface area contributed by atoms with E-state index in [2.05, 4.69) is 38.5 Å². The Morgan fingerprint density at radius 1 is 1.32 bits per heavy atom. The molecule has 0 aliphatic carbocycles. The van der Waals surface area contributed by atoms with Crippen LogP contribution in [0.4, 0.5) is 5.69 Å². The van der Waals surface area contributed by atoms with Crippen molar-refractivity contribution < 1.29 is 0 Å². The maximum absolute atomic E-state index is 12.2. The zero-order valence-electron chi connectivity index (χ0n) is 14.1. The van der Waals surface area contributed by atoms with Gasteiger partial charge in [-0.3, -0.25) is 4.79 Å². The second-order valence-corrected chi connectivity index (χ2v) is 6.18. The fraction of sp³-hybridized carbons (Fsp3) is 0.211. The summed E-state index contributed by atoms with van der Waals surface area (Å²) in [5, 5.41) is 12.1. The zero-order chi connectivity index (χ0) is 17.4. The highest BCUT2D eigenvalue weighted by atomic mass is 16.1. The molecule has 4 rings (SSSR count). The van der Waals surface area contributed by atoms with Crippen molar-refractivity contribution in [1.82, 2.24) is 20.2 Å². The molecule has 3 aromatic rings. The van der Waals surface area contributed by atoms with E-state index >= 15 is 0 Å². The Hall–Kier alpha value is -3.15. The van der Waals surface area contributed by atoms with Crippen LogP contribution < -0.4 is 10.9 Å². The van der Waals surface area contributed by atoms with Crippen LogP contribution in [-0.4, -0.2) is 26.2 Å². The predicted octanol–water partition coefficient (Wildman–Crippen LogP) is 3.09. The summed E-state index contributed by atoms with van der Waals surface area (Å²) in [5.74, 6) is 0.701. The second kappa shape index (κ2) is 6.05. The molecule has 126 valence electrons. The Morgan fingerprint density at radius 2 is 2.20 bits per heavy atom. The number of anilines is 1. The lowest BCUT2D eigenvalue weighted by atomic mass is 9.84. The third-order valence-corrected chi connectivity index (χ3v) is 4.64. The summed E-state index contributed by atoms with van der Waals surface area (Å²) in [6.07, 6.45) is 9.65. The van der Waals surface area contributed by atoms with Gasteiger partial charge in [-0.2, -0.15) is 5.10 Å². The van der Waals surface area contributed by atoms with Gasteiger partial charge in [-0.25, -0.2) is 10.1 Å². The summed E-state index contributed by atoms with van der Waals surface area (Å²) in [7, 11) is 0. The summed E-state index contributed by atoms with van der Waals surface area (Å²) < 4.78 is 0. The lowest BCUT2D eigenvalue weighted by molar-refractivity contribution is 0.640. The van der Waals surface area contributed by atoms with E-state index in [4.69, 9.17) is 0 Å². The first-order chi connectivity index (χ1) is 12.2. The van der Waals surface area contributed by atoms with Gasteiger partial charge in [0.2, 0.25) is 0 Å². The molecule has 0 radical (unpaired) electrons. The minimum absolute atomic E-state index is 0.0150. The van der Waals surface area contributed by atoms with Gasteiger partial charge >= 0.3 is 0 Å². The van der Waals surface area contributed by atoms with Crippen molar-refractivity contribution in [3.63, 3.8) is 0 Å². The molecule has 1 aromatic carbocycles. The number of hydrogen-bond acceptors (Lipinski definition) is 4. The largest absolute Gasteiger partial charge is 0.377 e. The van der Waals surface area contributed by atoms with Crippen LogP contribution in [-0.2, 0) is 0 Å². The Balaban J connectivity index is 1.98. The smallest absolute Gasteiger partial charge is 0.272 e. The number of H-pyrrole nitrogens is 2. The molecule has 2 aromatic heterocycles. The third-order valence-electron chi connectivity index (χ3n) is 4.64. The van der Waals surface area contributed by atoms with Crippen molar-refractivity contribution in [1.29, 1.82) is 0 Å². The van der Waals surface area contributed by atoms with Crippen LogP contribution in [0.1, 0.15) is 31.3 Å². The van der Waals surface area contributed by atoms with Gasteiger partial charge in [0.1, 0.15) is 5.82 Å². The number of aromatic amines is 2. The zero-order valence-corrected chi connectivity index (χ0v) is 14.1. The quantitative estimate of drug-likeness (QED) is 0.643. The Morgan fingerprint density at radius 3 is 2.96 bits per heavy atom. The molecule has 2 unspecified atom stereocenters. The lowest BCUT2D eigenvalue weighted by Crippen LogP contribution is -2.35. The molecule has 0 spiro atoms. The van der Waals surface area contributed by atoms with E-state index in [-0.39, 0.29) is 17.5 Å². The highest BCUT2D eigenvalue weighted by molar-refractivity contribution is 5.97. The van der Waals surface area contributed by atoms with Crippen LogP contribution in [0.5, 0.6) is 0 Å². The van der Waals surface area contributed by atoms with E-state index in [1.54, 1.807) is 12.4 Å². The third kappa shape index (κ3) is 2.46. The molecule has 0 saturated heterocycles. The normalized spacial score (nSPS) is 20.2. The van der Waals surface area contributed by atoms with E-state index in [0.29, 0.717) is 5.39 Å². The van der Waals surface area contributed by atoms with Gasteiger partial charge in [0, 0.05) is 23.5 Å². The lowest BCUT2D eigenvalue weighted by Gasteiger charge is -2.33. The molecular formula is C19H19N5O. The van der Waals surface area contributed by atoms with E-state index < -0.39 is 0 Å². The highest BCUT2D eigenvalue weighted by Gasteiger charge is 2.35. The van der Waals surface area contributed by atoms with Crippen molar-refractivity contribution >= 4 is 16.5 Å². The molecule has 1 aliphatic heterocycles. The molecule has 1 aliphatic rings. The standard InChI is InChI=1S/C19H19N5O/c1-3-4-6-11(2)16-15(18-20-9-10-21-18)17-14-12(19(25)24-23-17)7-5-8-13(14)22-16/h3-10,15-16,22H,1-2H3,(H,20,21)(H,24,25).